The Morgan fingerprint density at radius 1 is 1.17 bits per heavy atom. The number of anilines is 1. The van der Waals surface area contributed by atoms with Crippen LogP contribution < -0.4 is 14.8 Å². The SMILES string of the molecule is COc1ccc(CC(=O)Nc2nc3ccc(F)cc3s2)cc1OC. The van der Waals surface area contributed by atoms with Gasteiger partial charge in [0.05, 0.1) is 30.9 Å². The summed E-state index contributed by atoms with van der Waals surface area (Å²) in [6.07, 6.45) is 0.171. The Kier molecular flexibility index (Phi) is 4.61. The van der Waals surface area contributed by atoms with Gasteiger partial charge in [-0.1, -0.05) is 17.4 Å². The summed E-state index contributed by atoms with van der Waals surface area (Å²) in [5, 5.41) is 3.18. The van der Waals surface area contributed by atoms with Crippen LogP contribution in [0.2, 0.25) is 0 Å². The summed E-state index contributed by atoms with van der Waals surface area (Å²) in [4.78, 5) is 16.5. The smallest absolute Gasteiger partial charge is 0.230 e. The van der Waals surface area contributed by atoms with Gasteiger partial charge < -0.3 is 14.8 Å². The number of benzene rings is 2. The van der Waals surface area contributed by atoms with Crippen LogP contribution in [0.5, 0.6) is 11.5 Å². The molecule has 7 heteroatoms. The van der Waals surface area contributed by atoms with E-state index in [-0.39, 0.29) is 18.1 Å². The molecule has 0 aliphatic carbocycles. The van der Waals surface area contributed by atoms with Gasteiger partial charge in [-0.25, -0.2) is 9.37 Å². The molecule has 0 atom stereocenters. The van der Waals surface area contributed by atoms with Gasteiger partial charge in [0.15, 0.2) is 16.6 Å². The fourth-order valence-corrected chi connectivity index (χ4v) is 3.20. The van der Waals surface area contributed by atoms with Crippen LogP contribution in [0, 0.1) is 5.82 Å². The summed E-state index contributed by atoms with van der Waals surface area (Å²) in [5.41, 5.74) is 1.44. The molecular formula is C17H15FN2O3S. The summed E-state index contributed by atoms with van der Waals surface area (Å²) >= 11 is 1.24. The van der Waals surface area contributed by atoms with Gasteiger partial charge in [0.2, 0.25) is 5.91 Å². The van der Waals surface area contributed by atoms with Crippen molar-refractivity contribution in [2.24, 2.45) is 0 Å². The van der Waals surface area contributed by atoms with E-state index < -0.39 is 0 Å². The van der Waals surface area contributed by atoms with Crippen molar-refractivity contribution in [3.05, 3.63) is 47.8 Å². The van der Waals surface area contributed by atoms with Gasteiger partial charge in [-0.2, -0.15) is 0 Å². The topological polar surface area (TPSA) is 60.5 Å². The van der Waals surface area contributed by atoms with E-state index >= 15 is 0 Å². The van der Waals surface area contributed by atoms with Crippen LogP contribution in [0.4, 0.5) is 9.52 Å². The second kappa shape index (κ2) is 6.84. The zero-order chi connectivity index (χ0) is 17.1. The molecule has 1 amide bonds. The fraction of sp³-hybridized carbons (Fsp3) is 0.176. The molecule has 3 rings (SSSR count). The fourth-order valence-electron chi connectivity index (χ4n) is 2.29. The predicted octanol–water partition coefficient (Wildman–Crippen LogP) is 3.63. The van der Waals surface area contributed by atoms with E-state index in [9.17, 15) is 9.18 Å². The predicted molar refractivity (Wildman–Crippen MR) is 91.5 cm³/mol. The zero-order valence-corrected chi connectivity index (χ0v) is 13.9. The van der Waals surface area contributed by atoms with E-state index in [1.54, 1.807) is 38.5 Å². The first-order valence-corrected chi connectivity index (χ1v) is 7.97. The lowest BCUT2D eigenvalue weighted by Gasteiger charge is -2.09. The van der Waals surface area contributed by atoms with Gasteiger partial charge >= 0.3 is 0 Å². The molecule has 0 spiro atoms. The first-order valence-electron chi connectivity index (χ1n) is 7.16. The van der Waals surface area contributed by atoms with Crippen molar-refractivity contribution in [1.82, 2.24) is 4.98 Å². The van der Waals surface area contributed by atoms with E-state index in [0.29, 0.717) is 26.8 Å². The van der Waals surface area contributed by atoms with Crippen LogP contribution in [-0.4, -0.2) is 25.1 Å². The summed E-state index contributed by atoms with van der Waals surface area (Å²) in [5.74, 6) is 0.643. The van der Waals surface area contributed by atoms with E-state index in [0.717, 1.165) is 5.56 Å². The average molecular weight is 346 g/mol. The molecule has 0 radical (unpaired) electrons. The van der Waals surface area contributed by atoms with E-state index in [1.807, 2.05) is 0 Å². The van der Waals surface area contributed by atoms with Crippen LogP contribution in [0.3, 0.4) is 0 Å². The normalized spacial score (nSPS) is 10.6. The number of fused-ring (bicyclic) bond motifs is 1. The lowest BCUT2D eigenvalue weighted by molar-refractivity contribution is -0.115. The van der Waals surface area contributed by atoms with E-state index in [4.69, 9.17) is 9.47 Å². The Hall–Kier alpha value is -2.67. The maximum atomic E-state index is 13.2. The highest BCUT2D eigenvalue weighted by molar-refractivity contribution is 7.22. The molecule has 1 heterocycles. The first-order chi connectivity index (χ1) is 11.6. The number of hydrogen-bond donors (Lipinski definition) is 1. The highest BCUT2D eigenvalue weighted by atomic mass is 32.1. The number of amides is 1. The molecule has 0 unspecified atom stereocenters. The minimum Gasteiger partial charge on any atom is -0.493 e. The van der Waals surface area contributed by atoms with Gasteiger partial charge in [0.1, 0.15) is 5.82 Å². The van der Waals surface area contributed by atoms with Gasteiger partial charge in [0, 0.05) is 0 Å². The molecule has 124 valence electrons. The Balaban J connectivity index is 1.72. The monoisotopic (exact) mass is 346 g/mol. The Labute approximate surface area is 142 Å². The molecule has 1 N–H and O–H groups in total. The second-order valence-corrected chi connectivity index (χ2v) is 6.08. The molecule has 0 aliphatic rings. The number of ether oxygens (including phenoxy) is 2. The van der Waals surface area contributed by atoms with Gasteiger partial charge in [-0.15, -0.1) is 0 Å². The van der Waals surface area contributed by atoms with Crippen LogP contribution in [0.25, 0.3) is 10.2 Å². The number of methoxy groups -OCH3 is 2. The lowest BCUT2D eigenvalue weighted by Crippen LogP contribution is -2.14. The third-order valence-electron chi connectivity index (χ3n) is 3.41. The highest BCUT2D eigenvalue weighted by Crippen LogP contribution is 2.29. The van der Waals surface area contributed by atoms with Gasteiger partial charge in [0.25, 0.3) is 0 Å². The number of aromatic nitrogens is 1. The quantitative estimate of drug-likeness (QED) is 0.766. The van der Waals surface area contributed by atoms with Crippen molar-refractivity contribution in [1.29, 1.82) is 0 Å². The number of carbonyl (C=O) groups excluding carboxylic acids is 1. The molecule has 24 heavy (non-hydrogen) atoms. The summed E-state index contributed by atoms with van der Waals surface area (Å²) < 4.78 is 24.3. The number of carbonyl (C=O) groups is 1. The molecule has 1 aromatic heterocycles. The third kappa shape index (κ3) is 3.46. The highest BCUT2D eigenvalue weighted by Gasteiger charge is 2.11. The Morgan fingerprint density at radius 2 is 1.96 bits per heavy atom. The standard InChI is InChI=1S/C17H15FN2O3S/c1-22-13-6-3-10(7-14(13)23-2)8-16(21)20-17-19-12-5-4-11(18)9-15(12)24-17/h3-7,9H,8H2,1-2H3,(H,19,20,21). The lowest BCUT2D eigenvalue weighted by atomic mass is 10.1. The molecule has 3 aromatic rings. The number of hydrogen-bond acceptors (Lipinski definition) is 5. The number of thiazole rings is 1. The van der Waals surface area contributed by atoms with Crippen molar-refractivity contribution in [3.8, 4) is 11.5 Å². The van der Waals surface area contributed by atoms with Crippen molar-refractivity contribution in [3.63, 3.8) is 0 Å². The minimum atomic E-state index is -0.325. The zero-order valence-electron chi connectivity index (χ0n) is 13.1. The number of rotatable bonds is 5. The molecule has 0 saturated heterocycles. The molecule has 0 fully saturated rings. The maximum Gasteiger partial charge on any atom is 0.230 e. The van der Waals surface area contributed by atoms with Crippen molar-refractivity contribution >= 4 is 32.6 Å². The van der Waals surface area contributed by atoms with E-state index in [1.165, 1.54) is 23.5 Å². The average Bonchev–Trinajstić information content (AvgIpc) is 2.95. The third-order valence-corrected chi connectivity index (χ3v) is 4.34. The molecule has 0 bridgehead atoms. The number of nitrogens with one attached hydrogen (secondary N) is 1. The van der Waals surface area contributed by atoms with Crippen LogP contribution in [-0.2, 0) is 11.2 Å². The molecule has 2 aromatic carbocycles. The molecule has 0 saturated carbocycles. The van der Waals surface area contributed by atoms with Crippen molar-refractivity contribution in [2.45, 2.75) is 6.42 Å². The van der Waals surface area contributed by atoms with Crippen LogP contribution in [0.15, 0.2) is 36.4 Å². The molecule has 0 aliphatic heterocycles. The molecule has 5 nitrogen and oxygen atoms in total. The summed E-state index contributed by atoms with van der Waals surface area (Å²) in [6.45, 7) is 0. The molecular weight excluding hydrogens is 331 g/mol. The number of halogens is 1. The Bertz CT molecular complexity index is 895. The van der Waals surface area contributed by atoms with Gasteiger partial charge in [-0.05, 0) is 35.9 Å². The van der Waals surface area contributed by atoms with Crippen LogP contribution >= 0.6 is 11.3 Å². The van der Waals surface area contributed by atoms with E-state index in [2.05, 4.69) is 10.3 Å². The summed E-state index contributed by atoms with van der Waals surface area (Å²) in [6, 6.07) is 9.64. The Morgan fingerprint density at radius 3 is 2.71 bits per heavy atom. The van der Waals surface area contributed by atoms with Crippen molar-refractivity contribution < 1.29 is 18.7 Å². The largest absolute Gasteiger partial charge is 0.493 e. The first kappa shape index (κ1) is 16.2. The van der Waals surface area contributed by atoms with Crippen LogP contribution in [0.1, 0.15) is 5.56 Å². The van der Waals surface area contributed by atoms with Crippen molar-refractivity contribution in [2.75, 3.05) is 19.5 Å². The van der Waals surface area contributed by atoms with Gasteiger partial charge in [-0.3, -0.25) is 4.79 Å². The maximum absolute atomic E-state index is 13.2. The number of nitrogens with zero attached hydrogens (tertiary/aromatic N) is 1. The summed E-state index contributed by atoms with van der Waals surface area (Å²) in [7, 11) is 3.10. The second-order valence-electron chi connectivity index (χ2n) is 5.05. The minimum absolute atomic E-state index is 0.171.